The van der Waals surface area contributed by atoms with E-state index in [0.717, 1.165) is 4.47 Å². The number of rotatable bonds is 1. The molecule has 0 aromatic heterocycles. The molecule has 1 aliphatic heterocycles. The van der Waals surface area contributed by atoms with Crippen molar-refractivity contribution in [1.29, 1.82) is 0 Å². The van der Waals surface area contributed by atoms with Gasteiger partial charge in [0.25, 0.3) is 0 Å². The summed E-state index contributed by atoms with van der Waals surface area (Å²) in [6.45, 7) is 1.74. The van der Waals surface area contributed by atoms with Gasteiger partial charge in [0.2, 0.25) is 0 Å². The normalized spacial score (nSPS) is 21.8. The SMILES string of the molecule is CC(F)C1COc2ccc(Br)cc2O1. The smallest absolute Gasteiger partial charge is 0.163 e. The summed E-state index contributed by atoms with van der Waals surface area (Å²) in [6.07, 6.45) is -1.53. The average Bonchev–Trinajstić information content (AvgIpc) is 2.16. The van der Waals surface area contributed by atoms with E-state index < -0.39 is 12.3 Å². The van der Waals surface area contributed by atoms with Crippen molar-refractivity contribution >= 4 is 15.9 Å². The maximum absolute atomic E-state index is 13.0. The van der Waals surface area contributed by atoms with Gasteiger partial charge in [0.15, 0.2) is 17.6 Å². The maximum Gasteiger partial charge on any atom is 0.163 e. The van der Waals surface area contributed by atoms with Gasteiger partial charge in [0, 0.05) is 4.47 Å². The second-order valence-corrected chi connectivity index (χ2v) is 4.15. The Morgan fingerprint density at radius 3 is 3.00 bits per heavy atom. The molecule has 0 radical (unpaired) electrons. The molecular formula is C10H10BrFO2. The number of halogens is 2. The molecule has 0 saturated carbocycles. The number of hydrogen-bond acceptors (Lipinski definition) is 2. The molecule has 1 aromatic carbocycles. The minimum atomic E-state index is -1.03. The summed E-state index contributed by atoms with van der Waals surface area (Å²) < 4.78 is 24.7. The Kier molecular flexibility index (Phi) is 2.63. The van der Waals surface area contributed by atoms with E-state index in [1.165, 1.54) is 6.92 Å². The van der Waals surface area contributed by atoms with Crippen LogP contribution in [0.1, 0.15) is 6.92 Å². The van der Waals surface area contributed by atoms with Gasteiger partial charge >= 0.3 is 0 Å². The second kappa shape index (κ2) is 3.77. The lowest BCUT2D eigenvalue weighted by Crippen LogP contribution is -2.35. The second-order valence-electron chi connectivity index (χ2n) is 3.24. The summed E-state index contributed by atoms with van der Waals surface area (Å²) in [5.41, 5.74) is 0. The zero-order valence-corrected chi connectivity index (χ0v) is 9.25. The highest BCUT2D eigenvalue weighted by Crippen LogP contribution is 2.34. The van der Waals surface area contributed by atoms with Crippen LogP contribution >= 0.6 is 15.9 Å². The molecule has 0 bridgehead atoms. The molecule has 0 aliphatic carbocycles. The van der Waals surface area contributed by atoms with Crippen molar-refractivity contribution in [2.24, 2.45) is 0 Å². The third-order valence-corrected chi connectivity index (χ3v) is 2.59. The van der Waals surface area contributed by atoms with E-state index in [-0.39, 0.29) is 6.61 Å². The van der Waals surface area contributed by atoms with Gasteiger partial charge < -0.3 is 9.47 Å². The first kappa shape index (κ1) is 9.77. The van der Waals surface area contributed by atoms with Gasteiger partial charge in [-0.3, -0.25) is 0 Å². The lowest BCUT2D eigenvalue weighted by molar-refractivity contribution is 0.0374. The third-order valence-electron chi connectivity index (χ3n) is 2.10. The topological polar surface area (TPSA) is 18.5 Å². The van der Waals surface area contributed by atoms with Crippen LogP contribution in [0, 0.1) is 0 Å². The lowest BCUT2D eigenvalue weighted by Gasteiger charge is -2.27. The standard InChI is InChI=1S/C10H10BrFO2/c1-6(12)10-5-13-8-3-2-7(11)4-9(8)14-10/h2-4,6,10H,5H2,1H3. The molecule has 0 N–H and O–H groups in total. The molecular weight excluding hydrogens is 251 g/mol. The van der Waals surface area contributed by atoms with Gasteiger partial charge in [-0.05, 0) is 25.1 Å². The molecule has 1 heterocycles. The summed E-state index contributed by atoms with van der Waals surface area (Å²) in [5.74, 6) is 1.27. The van der Waals surface area contributed by atoms with E-state index in [2.05, 4.69) is 15.9 Å². The fourth-order valence-electron chi connectivity index (χ4n) is 1.29. The Bertz CT molecular complexity index is 341. The Morgan fingerprint density at radius 2 is 2.29 bits per heavy atom. The highest BCUT2D eigenvalue weighted by atomic mass is 79.9. The van der Waals surface area contributed by atoms with Crippen LogP contribution in [0.15, 0.2) is 22.7 Å². The van der Waals surface area contributed by atoms with Crippen molar-refractivity contribution < 1.29 is 13.9 Å². The van der Waals surface area contributed by atoms with Crippen molar-refractivity contribution in [3.8, 4) is 11.5 Å². The molecule has 0 fully saturated rings. The monoisotopic (exact) mass is 260 g/mol. The molecule has 2 unspecified atom stereocenters. The predicted molar refractivity (Wildman–Crippen MR) is 54.6 cm³/mol. The molecule has 0 spiro atoms. The van der Waals surface area contributed by atoms with E-state index in [9.17, 15) is 4.39 Å². The van der Waals surface area contributed by atoms with Crippen molar-refractivity contribution in [2.45, 2.75) is 19.2 Å². The van der Waals surface area contributed by atoms with Gasteiger partial charge in [-0.1, -0.05) is 15.9 Å². The molecule has 1 aromatic rings. The van der Waals surface area contributed by atoms with Crippen molar-refractivity contribution in [3.05, 3.63) is 22.7 Å². The van der Waals surface area contributed by atoms with Gasteiger partial charge in [-0.15, -0.1) is 0 Å². The van der Waals surface area contributed by atoms with E-state index in [0.29, 0.717) is 11.5 Å². The van der Waals surface area contributed by atoms with Crippen LogP contribution in [-0.4, -0.2) is 18.9 Å². The van der Waals surface area contributed by atoms with E-state index in [1.807, 2.05) is 6.07 Å². The summed E-state index contributed by atoms with van der Waals surface area (Å²) in [7, 11) is 0. The van der Waals surface area contributed by atoms with Gasteiger partial charge in [-0.2, -0.15) is 0 Å². The Balaban J connectivity index is 2.24. The van der Waals surface area contributed by atoms with Crippen molar-refractivity contribution in [1.82, 2.24) is 0 Å². The van der Waals surface area contributed by atoms with Crippen LogP contribution < -0.4 is 9.47 Å². The molecule has 2 nitrogen and oxygen atoms in total. The van der Waals surface area contributed by atoms with Crippen LogP contribution in [0.4, 0.5) is 4.39 Å². The zero-order chi connectivity index (χ0) is 10.1. The average molecular weight is 261 g/mol. The minimum Gasteiger partial charge on any atom is -0.486 e. The number of benzene rings is 1. The largest absolute Gasteiger partial charge is 0.486 e. The van der Waals surface area contributed by atoms with Gasteiger partial charge in [-0.25, -0.2) is 4.39 Å². The zero-order valence-electron chi connectivity index (χ0n) is 7.67. The number of ether oxygens (including phenoxy) is 2. The molecule has 2 atom stereocenters. The fraction of sp³-hybridized carbons (Fsp3) is 0.400. The summed E-state index contributed by atoms with van der Waals surface area (Å²) in [6, 6.07) is 5.45. The minimum absolute atomic E-state index is 0.270. The lowest BCUT2D eigenvalue weighted by atomic mass is 10.2. The fourth-order valence-corrected chi connectivity index (χ4v) is 1.63. The Hall–Kier alpha value is -0.770. The van der Waals surface area contributed by atoms with E-state index in [4.69, 9.17) is 9.47 Å². The number of fused-ring (bicyclic) bond motifs is 1. The molecule has 4 heteroatoms. The van der Waals surface area contributed by atoms with Crippen molar-refractivity contribution in [3.63, 3.8) is 0 Å². The van der Waals surface area contributed by atoms with Crippen LogP contribution in [0.25, 0.3) is 0 Å². The summed E-state index contributed by atoms with van der Waals surface area (Å²) in [4.78, 5) is 0. The Morgan fingerprint density at radius 1 is 1.50 bits per heavy atom. The Labute approximate surface area is 90.1 Å². The van der Waals surface area contributed by atoms with Crippen LogP contribution in [0.5, 0.6) is 11.5 Å². The predicted octanol–water partition coefficient (Wildman–Crippen LogP) is 2.95. The molecule has 2 rings (SSSR count). The van der Waals surface area contributed by atoms with Crippen molar-refractivity contribution in [2.75, 3.05) is 6.61 Å². The van der Waals surface area contributed by atoms with Gasteiger partial charge in [0.1, 0.15) is 12.8 Å². The highest BCUT2D eigenvalue weighted by Gasteiger charge is 2.25. The molecule has 14 heavy (non-hydrogen) atoms. The number of hydrogen-bond donors (Lipinski definition) is 0. The van der Waals surface area contributed by atoms with Crippen LogP contribution in [0.2, 0.25) is 0 Å². The summed E-state index contributed by atoms with van der Waals surface area (Å²) in [5, 5.41) is 0. The van der Waals surface area contributed by atoms with Gasteiger partial charge in [0.05, 0.1) is 0 Å². The third kappa shape index (κ3) is 1.85. The van der Waals surface area contributed by atoms with E-state index in [1.54, 1.807) is 12.1 Å². The molecule has 0 saturated heterocycles. The molecule has 1 aliphatic rings. The summed E-state index contributed by atoms with van der Waals surface area (Å²) >= 11 is 3.32. The maximum atomic E-state index is 13.0. The van der Waals surface area contributed by atoms with Crippen LogP contribution in [0.3, 0.4) is 0 Å². The number of alkyl halides is 1. The van der Waals surface area contributed by atoms with E-state index >= 15 is 0 Å². The molecule has 76 valence electrons. The first-order chi connectivity index (χ1) is 6.66. The first-order valence-electron chi connectivity index (χ1n) is 4.40. The van der Waals surface area contributed by atoms with Crippen LogP contribution in [-0.2, 0) is 0 Å². The highest BCUT2D eigenvalue weighted by molar-refractivity contribution is 9.10. The quantitative estimate of drug-likeness (QED) is 0.773. The first-order valence-corrected chi connectivity index (χ1v) is 5.19. The molecule has 0 amide bonds.